The average molecular weight is 648 g/mol. The highest BCUT2D eigenvalue weighted by molar-refractivity contribution is 6.11. The van der Waals surface area contributed by atoms with Crippen LogP contribution in [-0.2, 0) is 27.8 Å². The van der Waals surface area contributed by atoms with Gasteiger partial charge in [0.2, 0.25) is 0 Å². The van der Waals surface area contributed by atoms with Gasteiger partial charge < -0.3 is 19.9 Å². The number of nitrogens with zero attached hydrogens (tertiary/aromatic N) is 2. The molecule has 1 N–H and O–H groups in total. The second-order valence-corrected chi connectivity index (χ2v) is 15.5. The minimum absolute atomic E-state index is 0.0432. The van der Waals surface area contributed by atoms with Crippen molar-refractivity contribution in [2.45, 2.75) is 97.4 Å². The highest BCUT2D eigenvalue weighted by Gasteiger charge is 2.44. The maximum atomic E-state index is 14.2. The number of carbonyl (C=O) groups excluding carboxylic acids is 3. The summed E-state index contributed by atoms with van der Waals surface area (Å²) in [7, 11) is 1.82. The second-order valence-electron chi connectivity index (χ2n) is 15.5. The van der Waals surface area contributed by atoms with E-state index in [1.165, 1.54) is 27.9 Å². The smallest absolute Gasteiger partial charge is 0.254 e. The molecule has 1 amide bonds. The van der Waals surface area contributed by atoms with Gasteiger partial charge in [-0.25, -0.2) is 0 Å². The molecule has 2 aromatic rings. The third-order valence-corrected chi connectivity index (χ3v) is 11.1. The zero-order valence-electron chi connectivity index (χ0n) is 30.1. The molecule has 0 bridgehead atoms. The van der Waals surface area contributed by atoms with E-state index in [2.05, 4.69) is 70.0 Å². The Hall–Kier alpha value is -3.77. The maximum Gasteiger partial charge on any atom is 0.254 e. The lowest BCUT2D eigenvalue weighted by Crippen LogP contribution is -2.41. The van der Waals surface area contributed by atoms with Crippen LogP contribution in [-0.4, -0.2) is 61.6 Å². The standard InChI is InChI=1S/C42H53N3O3/c1-8-43-41(3,4)26-27(2)32-24-33-35(25-36(32)47)42(5,6)38-31-18-14-21-45-20-13-15-28(39(31)45)23-34(38)37(33)29-16-9-10-17-30(29)40(48)44(7)19-11-12-22-46/h9-10,16-17,22-25,27,43H,8,11-15,18-21,26H2,1-7H3. The number of aldehydes is 1. The van der Waals surface area contributed by atoms with Gasteiger partial charge in [0, 0.05) is 60.9 Å². The number of ketones is 1. The molecule has 0 fully saturated rings. The van der Waals surface area contributed by atoms with E-state index in [0.717, 1.165) is 85.9 Å². The fraction of sp³-hybridized carbons (Fsp3) is 0.500. The number of nitrogens with one attached hydrogen (secondary N) is 1. The molecule has 6 rings (SSSR count). The lowest BCUT2D eigenvalue weighted by Gasteiger charge is -2.46. The van der Waals surface area contributed by atoms with E-state index in [4.69, 9.17) is 0 Å². The van der Waals surface area contributed by atoms with E-state index >= 15 is 0 Å². The third-order valence-electron chi connectivity index (χ3n) is 11.1. The highest BCUT2D eigenvalue weighted by atomic mass is 16.2. The van der Waals surface area contributed by atoms with Crippen LogP contribution < -0.4 is 10.2 Å². The minimum atomic E-state index is -0.395. The van der Waals surface area contributed by atoms with Gasteiger partial charge in [0.15, 0.2) is 5.78 Å². The molecule has 2 aliphatic heterocycles. The molecular weight excluding hydrogens is 594 g/mol. The molecule has 254 valence electrons. The van der Waals surface area contributed by atoms with Gasteiger partial charge in [0.1, 0.15) is 6.29 Å². The summed E-state index contributed by atoms with van der Waals surface area (Å²) in [6.45, 7) is 16.9. The molecule has 2 heterocycles. The van der Waals surface area contributed by atoms with E-state index < -0.39 is 5.41 Å². The Morgan fingerprint density at radius 1 is 1.10 bits per heavy atom. The van der Waals surface area contributed by atoms with Crippen molar-refractivity contribution in [1.82, 2.24) is 10.2 Å². The van der Waals surface area contributed by atoms with Gasteiger partial charge in [-0.15, -0.1) is 0 Å². The van der Waals surface area contributed by atoms with Gasteiger partial charge in [-0.05, 0) is 134 Å². The molecule has 4 aliphatic rings. The summed E-state index contributed by atoms with van der Waals surface area (Å²) < 4.78 is 0. The summed E-state index contributed by atoms with van der Waals surface area (Å²) in [5.41, 5.74) is 11.8. The normalized spacial score (nSPS) is 18.7. The maximum absolute atomic E-state index is 14.2. The Morgan fingerprint density at radius 3 is 2.56 bits per heavy atom. The second kappa shape index (κ2) is 13.3. The number of aryl methyl sites for hydroxylation is 1. The number of benzene rings is 2. The van der Waals surface area contributed by atoms with Gasteiger partial charge in [-0.3, -0.25) is 9.59 Å². The van der Waals surface area contributed by atoms with E-state index in [9.17, 15) is 14.4 Å². The van der Waals surface area contributed by atoms with Crippen LogP contribution in [0.15, 0.2) is 59.2 Å². The van der Waals surface area contributed by atoms with E-state index in [1.54, 1.807) is 4.90 Å². The van der Waals surface area contributed by atoms with Crippen molar-refractivity contribution in [3.8, 4) is 0 Å². The van der Waals surface area contributed by atoms with Crippen molar-refractivity contribution >= 4 is 29.2 Å². The van der Waals surface area contributed by atoms with Crippen molar-refractivity contribution in [3.63, 3.8) is 0 Å². The lowest BCUT2D eigenvalue weighted by molar-refractivity contribution is -0.112. The Labute approximate surface area is 287 Å². The number of rotatable bonds is 11. The fourth-order valence-electron chi connectivity index (χ4n) is 9.08. The zero-order valence-corrected chi connectivity index (χ0v) is 30.1. The molecule has 0 spiro atoms. The number of anilines is 1. The summed E-state index contributed by atoms with van der Waals surface area (Å²) in [5, 5.41) is 3.59. The summed E-state index contributed by atoms with van der Waals surface area (Å²) in [5.74, 6) is 0.0856. The molecular formula is C42H53N3O3. The number of allylic oxidation sites excluding steroid dienone is 5. The first-order valence-electron chi connectivity index (χ1n) is 18.1. The van der Waals surface area contributed by atoms with Crippen LogP contribution in [0.5, 0.6) is 0 Å². The summed E-state index contributed by atoms with van der Waals surface area (Å²) in [6.07, 6.45) is 11.2. The van der Waals surface area contributed by atoms with Crippen LogP contribution in [0.2, 0.25) is 0 Å². The molecule has 0 aromatic heterocycles. The number of hydrogen-bond donors (Lipinski definition) is 1. The van der Waals surface area contributed by atoms with Crippen molar-refractivity contribution in [3.05, 3.63) is 92.6 Å². The van der Waals surface area contributed by atoms with Gasteiger partial charge in [-0.2, -0.15) is 0 Å². The predicted octanol–water partition coefficient (Wildman–Crippen LogP) is 7.38. The van der Waals surface area contributed by atoms with Crippen LogP contribution in [0.4, 0.5) is 5.69 Å². The lowest BCUT2D eigenvalue weighted by atomic mass is 9.60. The third kappa shape index (κ3) is 6.02. The number of amides is 1. The fourth-order valence-corrected chi connectivity index (χ4v) is 9.08. The first kappa shape index (κ1) is 34.1. The van der Waals surface area contributed by atoms with Crippen LogP contribution in [0.1, 0.15) is 112 Å². The Morgan fingerprint density at radius 2 is 1.83 bits per heavy atom. The molecule has 48 heavy (non-hydrogen) atoms. The Bertz CT molecular complexity index is 1740. The molecule has 2 aliphatic carbocycles. The predicted molar refractivity (Wildman–Crippen MR) is 196 cm³/mol. The summed E-state index contributed by atoms with van der Waals surface area (Å²) >= 11 is 0. The number of carbonyl (C=O) groups is 3. The van der Waals surface area contributed by atoms with Crippen molar-refractivity contribution < 1.29 is 14.4 Å². The SMILES string of the molecule is CCNC(C)(C)CC(C)C1=CC2=C(c3ccccc3C(=O)N(C)CCCC=O)c3cc4c5c(c3C(C)(C)C2=CC1=O)CCCN5CCC4. The van der Waals surface area contributed by atoms with E-state index in [0.29, 0.717) is 24.9 Å². The quantitative estimate of drug-likeness (QED) is 0.204. The topological polar surface area (TPSA) is 69.7 Å². The molecule has 2 aromatic carbocycles. The number of fused-ring (bicyclic) bond motifs is 3. The van der Waals surface area contributed by atoms with Crippen molar-refractivity contribution in [1.29, 1.82) is 0 Å². The molecule has 1 unspecified atom stereocenters. The van der Waals surface area contributed by atoms with E-state index in [-0.39, 0.29) is 23.1 Å². The number of hydrogen-bond acceptors (Lipinski definition) is 5. The van der Waals surface area contributed by atoms with Crippen LogP contribution in [0.3, 0.4) is 0 Å². The van der Waals surface area contributed by atoms with Crippen LogP contribution >= 0.6 is 0 Å². The van der Waals surface area contributed by atoms with Gasteiger partial charge in [-0.1, -0.05) is 45.9 Å². The molecule has 0 saturated heterocycles. The number of unbranched alkanes of at least 4 members (excludes halogenated alkanes) is 1. The summed E-state index contributed by atoms with van der Waals surface area (Å²) in [6, 6.07) is 10.4. The molecule has 0 radical (unpaired) electrons. The Balaban J connectivity index is 1.62. The van der Waals surface area contributed by atoms with Gasteiger partial charge in [0.25, 0.3) is 5.91 Å². The van der Waals surface area contributed by atoms with Gasteiger partial charge in [0.05, 0.1) is 0 Å². The molecule has 1 atom stereocenters. The first-order chi connectivity index (χ1) is 22.9. The monoisotopic (exact) mass is 647 g/mol. The van der Waals surface area contributed by atoms with Crippen LogP contribution in [0, 0.1) is 5.92 Å². The van der Waals surface area contributed by atoms with Crippen molar-refractivity contribution in [2.75, 3.05) is 38.1 Å². The summed E-state index contributed by atoms with van der Waals surface area (Å²) in [4.78, 5) is 43.7. The largest absolute Gasteiger partial charge is 0.371 e. The van der Waals surface area contributed by atoms with E-state index in [1.807, 2.05) is 31.3 Å². The molecule has 6 nitrogen and oxygen atoms in total. The molecule has 0 saturated carbocycles. The highest BCUT2D eigenvalue weighted by Crippen LogP contribution is 2.55. The minimum Gasteiger partial charge on any atom is -0.371 e. The first-order valence-corrected chi connectivity index (χ1v) is 18.1. The van der Waals surface area contributed by atoms with Gasteiger partial charge >= 0.3 is 0 Å². The van der Waals surface area contributed by atoms with Crippen LogP contribution in [0.25, 0.3) is 5.57 Å². The average Bonchev–Trinajstić information content (AvgIpc) is 3.04. The molecule has 6 heteroatoms. The Kier molecular flexibility index (Phi) is 9.43. The van der Waals surface area contributed by atoms with Crippen molar-refractivity contribution in [2.24, 2.45) is 5.92 Å². The zero-order chi connectivity index (χ0) is 34.4.